The lowest BCUT2D eigenvalue weighted by atomic mass is 9.98. The van der Waals surface area contributed by atoms with Gasteiger partial charge in [-0.3, -0.25) is 0 Å². The Hall–Kier alpha value is -2.33. The van der Waals surface area contributed by atoms with Gasteiger partial charge in [0, 0.05) is 17.6 Å². The first-order valence-corrected chi connectivity index (χ1v) is 11.6. The highest BCUT2D eigenvalue weighted by Gasteiger charge is 2.23. The Morgan fingerprint density at radius 2 is 1.90 bits per heavy atom. The van der Waals surface area contributed by atoms with Gasteiger partial charge in [0.15, 0.2) is 0 Å². The molecule has 0 saturated heterocycles. The zero-order valence-electron chi connectivity index (χ0n) is 16.7. The Bertz CT molecular complexity index is 955. The first-order chi connectivity index (χ1) is 14.4. The number of hydrogen-bond donors (Lipinski definition) is 1. The van der Waals surface area contributed by atoms with Crippen LogP contribution >= 0.6 is 11.8 Å². The van der Waals surface area contributed by atoms with E-state index in [1.54, 1.807) is 0 Å². The molecule has 2 aliphatic rings. The normalized spacial score (nSPS) is 15.6. The summed E-state index contributed by atoms with van der Waals surface area (Å²) in [5.41, 5.74) is 5.84. The van der Waals surface area contributed by atoms with E-state index in [9.17, 15) is 0 Å². The van der Waals surface area contributed by atoms with Crippen LogP contribution < -0.4 is 9.47 Å². The SMILES string of the molecule is c1ccc2c(c1)CC(c1c[nH]c(CCCCOc3cccc4c3SCCO4)c1)C2. The minimum atomic E-state index is 0.629. The Balaban J connectivity index is 1.09. The molecule has 2 heterocycles. The van der Waals surface area contributed by atoms with Crippen LogP contribution in [0.1, 0.15) is 41.1 Å². The highest BCUT2D eigenvalue weighted by Crippen LogP contribution is 2.40. The summed E-state index contributed by atoms with van der Waals surface area (Å²) in [5.74, 6) is 3.56. The first kappa shape index (κ1) is 18.7. The fourth-order valence-electron chi connectivity index (χ4n) is 4.40. The van der Waals surface area contributed by atoms with Crippen LogP contribution in [0.5, 0.6) is 11.5 Å². The summed E-state index contributed by atoms with van der Waals surface area (Å²) in [5, 5.41) is 0. The predicted octanol–water partition coefficient (Wildman–Crippen LogP) is 5.78. The van der Waals surface area contributed by atoms with Crippen molar-refractivity contribution in [2.24, 2.45) is 0 Å². The number of hydrogen-bond acceptors (Lipinski definition) is 3. The summed E-state index contributed by atoms with van der Waals surface area (Å²) in [6.45, 7) is 1.54. The van der Waals surface area contributed by atoms with Gasteiger partial charge in [0.05, 0.1) is 18.1 Å². The predicted molar refractivity (Wildman–Crippen MR) is 118 cm³/mol. The third kappa shape index (κ3) is 4.18. The van der Waals surface area contributed by atoms with E-state index < -0.39 is 0 Å². The van der Waals surface area contributed by atoms with Crippen molar-refractivity contribution in [3.63, 3.8) is 0 Å². The Morgan fingerprint density at radius 3 is 2.76 bits per heavy atom. The summed E-state index contributed by atoms with van der Waals surface area (Å²) < 4.78 is 11.8. The number of benzene rings is 2. The molecule has 150 valence electrons. The second-order valence-electron chi connectivity index (χ2n) is 7.92. The van der Waals surface area contributed by atoms with Gasteiger partial charge in [-0.05, 0) is 72.9 Å². The summed E-state index contributed by atoms with van der Waals surface area (Å²) in [6.07, 6.45) is 7.82. The molecule has 0 spiro atoms. The van der Waals surface area contributed by atoms with Gasteiger partial charge in [0.1, 0.15) is 11.5 Å². The molecule has 2 aromatic carbocycles. The van der Waals surface area contributed by atoms with E-state index in [2.05, 4.69) is 47.6 Å². The van der Waals surface area contributed by atoms with E-state index in [0.717, 1.165) is 54.6 Å². The summed E-state index contributed by atoms with van der Waals surface area (Å²) in [6, 6.07) is 17.3. The van der Waals surface area contributed by atoms with Crippen LogP contribution in [0, 0.1) is 0 Å². The zero-order chi connectivity index (χ0) is 19.5. The van der Waals surface area contributed by atoms with E-state index in [4.69, 9.17) is 9.47 Å². The lowest BCUT2D eigenvalue weighted by Gasteiger charge is -2.19. The molecule has 1 aliphatic heterocycles. The smallest absolute Gasteiger partial charge is 0.136 e. The van der Waals surface area contributed by atoms with Crippen molar-refractivity contribution in [1.29, 1.82) is 0 Å². The molecule has 4 heteroatoms. The van der Waals surface area contributed by atoms with Crippen molar-refractivity contribution in [3.8, 4) is 11.5 Å². The van der Waals surface area contributed by atoms with E-state index in [1.165, 1.54) is 35.2 Å². The molecule has 1 aliphatic carbocycles. The van der Waals surface area contributed by atoms with Crippen LogP contribution in [0.2, 0.25) is 0 Å². The quantitative estimate of drug-likeness (QED) is 0.506. The maximum Gasteiger partial charge on any atom is 0.136 e. The Labute approximate surface area is 176 Å². The minimum absolute atomic E-state index is 0.629. The zero-order valence-corrected chi connectivity index (χ0v) is 17.5. The van der Waals surface area contributed by atoms with Crippen LogP contribution in [-0.2, 0) is 19.3 Å². The second-order valence-corrected chi connectivity index (χ2v) is 9.02. The lowest BCUT2D eigenvalue weighted by Crippen LogP contribution is -2.08. The summed E-state index contributed by atoms with van der Waals surface area (Å²) in [4.78, 5) is 4.66. The van der Waals surface area contributed by atoms with Crippen LogP contribution in [0.4, 0.5) is 0 Å². The molecule has 5 rings (SSSR count). The Kier molecular flexibility index (Phi) is 5.53. The number of aromatic amines is 1. The molecule has 3 nitrogen and oxygen atoms in total. The lowest BCUT2D eigenvalue weighted by molar-refractivity contribution is 0.286. The molecule has 0 bridgehead atoms. The molecule has 29 heavy (non-hydrogen) atoms. The maximum atomic E-state index is 6.05. The molecular weight excluding hydrogens is 378 g/mol. The van der Waals surface area contributed by atoms with Gasteiger partial charge in [-0.15, -0.1) is 11.8 Å². The van der Waals surface area contributed by atoms with Gasteiger partial charge in [-0.1, -0.05) is 30.3 Å². The highest BCUT2D eigenvalue weighted by molar-refractivity contribution is 7.99. The average Bonchev–Trinajstić information content (AvgIpc) is 3.40. The van der Waals surface area contributed by atoms with Crippen molar-refractivity contribution in [1.82, 2.24) is 4.98 Å². The average molecular weight is 406 g/mol. The maximum absolute atomic E-state index is 6.05. The van der Waals surface area contributed by atoms with Crippen molar-refractivity contribution in [2.45, 2.75) is 42.9 Å². The van der Waals surface area contributed by atoms with Crippen LogP contribution in [0.25, 0.3) is 0 Å². The number of ether oxygens (including phenoxy) is 2. The molecule has 0 atom stereocenters. The molecule has 0 radical (unpaired) electrons. The van der Waals surface area contributed by atoms with Gasteiger partial charge in [0.2, 0.25) is 0 Å². The van der Waals surface area contributed by atoms with Crippen molar-refractivity contribution >= 4 is 11.8 Å². The monoisotopic (exact) mass is 405 g/mol. The van der Waals surface area contributed by atoms with E-state index >= 15 is 0 Å². The number of thioether (sulfide) groups is 1. The minimum Gasteiger partial charge on any atom is -0.492 e. The molecular formula is C25H27NO2S. The number of unbranched alkanes of at least 4 members (excludes halogenated alkanes) is 1. The molecule has 0 unspecified atom stereocenters. The van der Waals surface area contributed by atoms with Crippen molar-refractivity contribution in [2.75, 3.05) is 19.0 Å². The molecule has 0 saturated carbocycles. The first-order valence-electron chi connectivity index (χ1n) is 10.6. The molecule has 1 N–H and O–H groups in total. The molecule has 0 amide bonds. The Morgan fingerprint density at radius 1 is 1.03 bits per heavy atom. The fraction of sp³-hybridized carbons (Fsp3) is 0.360. The van der Waals surface area contributed by atoms with Crippen LogP contribution in [-0.4, -0.2) is 24.0 Å². The van der Waals surface area contributed by atoms with E-state index in [-0.39, 0.29) is 0 Å². The van der Waals surface area contributed by atoms with Gasteiger partial charge >= 0.3 is 0 Å². The van der Waals surface area contributed by atoms with Gasteiger partial charge in [-0.2, -0.15) is 0 Å². The highest BCUT2D eigenvalue weighted by atomic mass is 32.2. The largest absolute Gasteiger partial charge is 0.492 e. The molecule has 3 aromatic rings. The van der Waals surface area contributed by atoms with E-state index in [0.29, 0.717) is 5.92 Å². The topological polar surface area (TPSA) is 34.2 Å². The van der Waals surface area contributed by atoms with Gasteiger partial charge in [-0.25, -0.2) is 0 Å². The number of aromatic nitrogens is 1. The van der Waals surface area contributed by atoms with Crippen LogP contribution in [0.3, 0.4) is 0 Å². The molecule has 0 fully saturated rings. The number of nitrogens with one attached hydrogen (secondary N) is 1. The number of aryl methyl sites for hydroxylation is 1. The number of H-pyrrole nitrogens is 1. The third-order valence-corrected chi connectivity index (χ3v) is 6.98. The van der Waals surface area contributed by atoms with Gasteiger partial charge in [0.25, 0.3) is 0 Å². The number of fused-ring (bicyclic) bond motifs is 2. The standard InChI is InChI=1S/C25H27NO2S/c1-2-7-19-15-20(14-18(19)6-1)21-16-22(26-17-21)8-3-4-11-27-23-9-5-10-24-25(23)29-13-12-28-24/h1-2,5-7,9-10,16-17,20,26H,3-4,8,11-15H2. The number of rotatable bonds is 7. The fourth-order valence-corrected chi connectivity index (χ4v) is 5.30. The molecule has 1 aromatic heterocycles. The third-order valence-electron chi connectivity index (χ3n) is 5.92. The van der Waals surface area contributed by atoms with Crippen LogP contribution in [0.15, 0.2) is 59.6 Å². The van der Waals surface area contributed by atoms with Crippen molar-refractivity contribution < 1.29 is 9.47 Å². The summed E-state index contributed by atoms with van der Waals surface area (Å²) in [7, 11) is 0. The summed E-state index contributed by atoms with van der Waals surface area (Å²) >= 11 is 1.83. The van der Waals surface area contributed by atoms with Crippen molar-refractivity contribution in [3.05, 3.63) is 77.1 Å². The van der Waals surface area contributed by atoms with Gasteiger partial charge < -0.3 is 14.5 Å². The second kappa shape index (κ2) is 8.58. The van der Waals surface area contributed by atoms with E-state index in [1.807, 2.05) is 23.9 Å².